The number of benzene rings is 2. The topological polar surface area (TPSA) is 93.6 Å². The number of nitrogens with zero attached hydrogens (tertiary/aromatic N) is 1. The van der Waals surface area contributed by atoms with Crippen LogP contribution in [0.3, 0.4) is 0 Å². The number of rotatable bonds is 7. The summed E-state index contributed by atoms with van der Waals surface area (Å²) in [5.41, 5.74) is 2.08. The highest BCUT2D eigenvalue weighted by Crippen LogP contribution is 2.37. The Kier molecular flexibility index (Phi) is 5.96. The Labute approximate surface area is 187 Å². The lowest BCUT2D eigenvalue weighted by atomic mass is 10.1. The number of hydrogen-bond acceptors (Lipinski definition) is 6. The van der Waals surface area contributed by atoms with Crippen LogP contribution in [-0.2, 0) is 0 Å². The standard InChI is InChI=1S/C24H20N2O5S/c1-30-20-11-15(12-21(31-2)23(20)28)8-9-19(27)16-5-3-6-17(13-16)26-14-18(25-24(26)29)22-7-4-10-32-22/h3-14,28H,1-2H3,(H,25,29). The summed E-state index contributed by atoms with van der Waals surface area (Å²) in [6.07, 6.45) is 4.75. The number of nitrogens with one attached hydrogen (secondary N) is 1. The van der Waals surface area contributed by atoms with Gasteiger partial charge in [-0.15, -0.1) is 11.3 Å². The normalized spacial score (nSPS) is 11.1. The third kappa shape index (κ3) is 4.21. The lowest BCUT2D eigenvalue weighted by Crippen LogP contribution is -2.14. The molecule has 0 aliphatic rings. The molecule has 0 saturated heterocycles. The molecule has 0 amide bonds. The summed E-state index contributed by atoms with van der Waals surface area (Å²) < 4.78 is 11.8. The summed E-state index contributed by atoms with van der Waals surface area (Å²) in [5.74, 6) is 0.142. The maximum absolute atomic E-state index is 12.8. The van der Waals surface area contributed by atoms with Crippen LogP contribution in [0.25, 0.3) is 22.3 Å². The zero-order valence-electron chi connectivity index (χ0n) is 17.4. The highest BCUT2D eigenvalue weighted by molar-refractivity contribution is 7.13. The molecule has 0 fully saturated rings. The van der Waals surface area contributed by atoms with Crippen LogP contribution in [0.15, 0.2) is 71.0 Å². The molecule has 0 saturated carbocycles. The monoisotopic (exact) mass is 448 g/mol. The molecule has 4 aromatic rings. The van der Waals surface area contributed by atoms with Gasteiger partial charge in [0, 0.05) is 11.8 Å². The first-order valence-electron chi connectivity index (χ1n) is 9.63. The number of phenolic OH excluding ortho intramolecular Hbond substituents is 1. The van der Waals surface area contributed by atoms with E-state index in [0.29, 0.717) is 16.8 Å². The van der Waals surface area contributed by atoms with Crippen molar-refractivity contribution in [3.63, 3.8) is 0 Å². The molecule has 0 unspecified atom stereocenters. The molecular formula is C24H20N2O5S. The fraction of sp³-hybridized carbons (Fsp3) is 0.0833. The molecule has 2 aromatic carbocycles. The second kappa shape index (κ2) is 8.99. The highest BCUT2D eigenvalue weighted by atomic mass is 32.1. The Hall–Kier alpha value is -4.04. The smallest absolute Gasteiger partial charge is 0.330 e. The lowest BCUT2D eigenvalue weighted by molar-refractivity contribution is 0.104. The van der Waals surface area contributed by atoms with Gasteiger partial charge in [-0.05, 0) is 47.4 Å². The molecule has 162 valence electrons. The molecule has 0 radical (unpaired) electrons. The fourth-order valence-corrected chi connectivity index (χ4v) is 3.92. The zero-order chi connectivity index (χ0) is 22.7. The number of hydrogen-bond donors (Lipinski definition) is 2. The van der Waals surface area contributed by atoms with E-state index in [9.17, 15) is 14.7 Å². The maximum atomic E-state index is 12.8. The van der Waals surface area contributed by atoms with Crippen molar-refractivity contribution in [2.75, 3.05) is 14.2 Å². The molecule has 4 rings (SSSR count). The van der Waals surface area contributed by atoms with Crippen molar-refractivity contribution < 1.29 is 19.4 Å². The first-order valence-corrected chi connectivity index (χ1v) is 10.5. The quantitative estimate of drug-likeness (QED) is 0.320. The third-order valence-electron chi connectivity index (χ3n) is 4.84. The van der Waals surface area contributed by atoms with E-state index in [1.54, 1.807) is 48.7 Å². The van der Waals surface area contributed by atoms with Gasteiger partial charge in [-0.2, -0.15) is 0 Å². The van der Waals surface area contributed by atoms with Gasteiger partial charge < -0.3 is 19.6 Å². The van der Waals surface area contributed by atoms with Gasteiger partial charge in [0.1, 0.15) is 0 Å². The van der Waals surface area contributed by atoms with E-state index < -0.39 is 0 Å². The fourth-order valence-electron chi connectivity index (χ4n) is 3.23. The van der Waals surface area contributed by atoms with Crippen molar-refractivity contribution in [2.24, 2.45) is 0 Å². The number of aromatic hydroxyl groups is 1. The van der Waals surface area contributed by atoms with Gasteiger partial charge in [0.25, 0.3) is 0 Å². The molecule has 2 aromatic heterocycles. The third-order valence-corrected chi connectivity index (χ3v) is 5.75. The highest BCUT2D eigenvalue weighted by Gasteiger charge is 2.12. The van der Waals surface area contributed by atoms with E-state index in [4.69, 9.17) is 9.47 Å². The van der Waals surface area contributed by atoms with Crippen LogP contribution in [0.4, 0.5) is 0 Å². The van der Waals surface area contributed by atoms with Crippen LogP contribution in [-0.4, -0.2) is 34.7 Å². The predicted molar refractivity (Wildman–Crippen MR) is 124 cm³/mol. The number of allylic oxidation sites excluding steroid dienone is 1. The minimum absolute atomic E-state index is 0.106. The van der Waals surface area contributed by atoms with E-state index >= 15 is 0 Å². The molecule has 8 heteroatoms. The lowest BCUT2D eigenvalue weighted by Gasteiger charge is -2.09. The van der Waals surface area contributed by atoms with E-state index in [-0.39, 0.29) is 28.7 Å². The molecule has 0 aliphatic heterocycles. The Balaban J connectivity index is 1.61. The molecule has 0 spiro atoms. The number of imidazole rings is 1. The van der Waals surface area contributed by atoms with E-state index in [2.05, 4.69) is 4.98 Å². The van der Waals surface area contributed by atoms with Crippen LogP contribution >= 0.6 is 11.3 Å². The molecule has 2 heterocycles. The van der Waals surface area contributed by atoms with Crippen molar-refractivity contribution in [3.05, 3.63) is 87.8 Å². The summed E-state index contributed by atoms with van der Waals surface area (Å²) in [7, 11) is 2.87. The van der Waals surface area contributed by atoms with Gasteiger partial charge in [0.2, 0.25) is 5.75 Å². The molecule has 0 atom stereocenters. The van der Waals surface area contributed by atoms with Crippen LogP contribution in [0.5, 0.6) is 17.2 Å². The average Bonchev–Trinajstić information content (AvgIpc) is 3.48. The minimum atomic E-state index is -0.281. The van der Waals surface area contributed by atoms with Crippen molar-refractivity contribution in [1.82, 2.24) is 9.55 Å². The van der Waals surface area contributed by atoms with Gasteiger partial charge in [-0.3, -0.25) is 9.36 Å². The number of phenols is 1. The Morgan fingerprint density at radius 1 is 1.09 bits per heavy atom. The molecular weight excluding hydrogens is 428 g/mol. The number of aromatic nitrogens is 2. The van der Waals surface area contributed by atoms with Gasteiger partial charge >= 0.3 is 5.69 Å². The van der Waals surface area contributed by atoms with E-state index in [1.165, 1.54) is 36.2 Å². The largest absolute Gasteiger partial charge is 0.502 e. The predicted octanol–water partition coefficient (Wildman–Crippen LogP) is 4.51. The number of methoxy groups -OCH3 is 2. The van der Waals surface area contributed by atoms with E-state index in [0.717, 1.165) is 10.6 Å². The molecule has 0 aliphatic carbocycles. The van der Waals surface area contributed by atoms with Gasteiger partial charge in [0.05, 0.1) is 30.5 Å². The van der Waals surface area contributed by atoms with Crippen LogP contribution in [0, 0.1) is 0 Å². The molecule has 32 heavy (non-hydrogen) atoms. The molecule has 2 N–H and O–H groups in total. The van der Waals surface area contributed by atoms with Gasteiger partial charge in [-0.1, -0.05) is 24.3 Å². The Morgan fingerprint density at radius 3 is 2.50 bits per heavy atom. The summed E-state index contributed by atoms with van der Waals surface area (Å²) >= 11 is 1.53. The summed E-state index contributed by atoms with van der Waals surface area (Å²) in [6.45, 7) is 0. The summed E-state index contributed by atoms with van der Waals surface area (Å²) in [4.78, 5) is 29.0. The number of aromatic amines is 1. The number of carbonyl (C=O) groups excluding carboxylic acids is 1. The number of ketones is 1. The Bertz CT molecular complexity index is 1320. The number of thiophene rings is 1. The van der Waals surface area contributed by atoms with E-state index in [1.807, 2.05) is 17.5 Å². The number of H-pyrrole nitrogens is 1. The van der Waals surface area contributed by atoms with Gasteiger partial charge in [-0.25, -0.2) is 4.79 Å². The first-order chi connectivity index (χ1) is 15.5. The average molecular weight is 449 g/mol. The zero-order valence-corrected chi connectivity index (χ0v) is 18.2. The Morgan fingerprint density at radius 2 is 1.84 bits per heavy atom. The first kappa shape index (κ1) is 21.2. The van der Waals surface area contributed by atoms with Crippen molar-refractivity contribution in [3.8, 4) is 33.5 Å². The maximum Gasteiger partial charge on any atom is 0.330 e. The van der Waals surface area contributed by atoms with Crippen molar-refractivity contribution >= 4 is 23.2 Å². The second-order valence-electron chi connectivity index (χ2n) is 6.84. The van der Waals surface area contributed by atoms with Gasteiger partial charge in [0.15, 0.2) is 17.3 Å². The SMILES string of the molecule is COc1cc(C=CC(=O)c2cccc(-n3cc(-c4cccs4)[nH]c3=O)c2)cc(OC)c1O. The second-order valence-corrected chi connectivity index (χ2v) is 7.79. The summed E-state index contributed by atoms with van der Waals surface area (Å²) in [5, 5.41) is 12.0. The number of carbonyl (C=O) groups is 1. The number of ether oxygens (including phenoxy) is 2. The molecule has 7 nitrogen and oxygen atoms in total. The molecule has 0 bridgehead atoms. The van der Waals surface area contributed by atoms with Crippen molar-refractivity contribution in [2.45, 2.75) is 0 Å². The van der Waals surface area contributed by atoms with Crippen molar-refractivity contribution in [1.29, 1.82) is 0 Å². The van der Waals surface area contributed by atoms with Crippen LogP contribution < -0.4 is 15.2 Å². The summed E-state index contributed by atoms with van der Waals surface area (Å²) in [6, 6.07) is 13.9. The minimum Gasteiger partial charge on any atom is -0.502 e. The van der Waals surface area contributed by atoms with Crippen LogP contribution in [0.2, 0.25) is 0 Å². The van der Waals surface area contributed by atoms with Crippen LogP contribution in [0.1, 0.15) is 15.9 Å².